The number of phenols is 3. The monoisotopic (exact) mass is 736 g/mol. The maximum Gasteiger partial charge on any atom is 0.155 e. The van der Waals surface area contributed by atoms with Crippen molar-refractivity contribution in [3.05, 3.63) is 143 Å². The first-order valence-corrected chi connectivity index (χ1v) is 16.2. The molecule has 8 rings (SSSR count). The van der Waals surface area contributed by atoms with Gasteiger partial charge in [0.1, 0.15) is 23.0 Å². The number of pyridine rings is 4. The predicted octanol–water partition coefficient (Wildman–Crippen LogP) is 8.26. The van der Waals surface area contributed by atoms with E-state index in [2.05, 4.69) is 19.9 Å². The highest BCUT2D eigenvalue weighted by Crippen LogP contribution is 2.28. The lowest BCUT2D eigenvalue weighted by atomic mass is 10.0. The van der Waals surface area contributed by atoms with E-state index in [9.17, 15) is 39.6 Å². The number of aromatic nitrogens is 4. The number of benzene rings is 4. The van der Waals surface area contributed by atoms with Gasteiger partial charge >= 0.3 is 0 Å². The van der Waals surface area contributed by atoms with E-state index in [1.807, 2.05) is 32.0 Å². The Morgan fingerprint density at radius 3 is 1.73 bits per heavy atom. The van der Waals surface area contributed by atoms with Crippen molar-refractivity contribution < 1.29 is 39.6 Å². The lowest BCUT2D eigenvalue weighted by Gasteiger charge is -2.07. The summed E-state index contributed by atoms with van der Waals surface area (Å²) in [6, 6.07) is 25.8. The molecular weight excluding hydrogens is 700 g/mol. The summed E-state index contributed by atoms with van der Waals surface area (Å²) in [6.45, 7) is 3.81. The molecule has 0 aliphatic rings. The summed E-state index contributed by atoms with van der Waals surface area (Å²) in [5, 5.41) is 40.5. The minimum absolute atomic E-state index is 0. The van der Waals surface area contributed by atoms with Crippen LogP contribution < -0.4 is 0 Å². The number of phenolic OH excluding ortho intramolecular Hbond substituents is 3. The topological polar surface area (TPSA) is 201 Å². The molecule has 276 valence electrons. The first-order chi connectivity index (χ1) is 26.1. The summed E-state index contributed by atoms with van der Waals surface area (Å²) >= 11 is 0. The van der Waals surface area contributed by atoms with Crippen molar-refractivity contribution in [3.63, 3.8) is 0 Å². The number of carbonyl (C=O) groups excluding carboxylic acids is 4. The molecule has 4 aromatic heterocycles. The molecule has 0 aliphatic carbocycles. The number of aromatic hydroxyl groups is 4. The van der Waals surface area contributed by atoms with E-state index >= 15 is 0 Å². The van der Waals surface area contributed by atoms with Gasteiger partial charge < -0.3 is 20.4 Å². The van der Waals surface area contributed by atoms with E-state index in [0.717, 1.165) is 27.5 Å². The third-order valence-electron chi connectivity index (χ3n) is 8.18. The van der Waals surface area contributed by atoms with Crippen molar-refractivity contribution >= 4 is 68.8 Å². The van der Waals surface area contributed by atoms with E-state index in [4.69, 9.17) is 0 Å². The third kappa shape index (κ3) is 8.90. The Labute approximate surface area is 315 Å². The average Bonchev–Trinajstić information content (AvgIpc) is 3.19. The number of aldehydes is 4. The maximum absolute atomic E-state index is 10.9. The Balaban J connectivity index is 0.000000162. The fraction of sp³-hybridized carbons (Fsp3) is 0.0698. The fourth-order valence-electron chi connectivity index (χ4n) is 5.67. The van der Waals surface area contributed by atoms with E-state index < -0.39 is 0 Å². The highest BCUT2D eigenvalue weighted by atomic mass is 16.3. The molecule has 0 bridgehead atoms. The van der Waals surface area contributed by atoms with Crippen molar-refractivity contribution in [2.45, 2.75) is 21.3 Å². The van der Waals surface area contributed by atoms with Crippen LogP contribution in [0, 0.1) is 13.8 Å². The SMILES string of the molecule is C.Cc1cc(C)c2c(C=O)c(O)ccc2n1.O=Cc1c(O)ccc2cccnc12.O=Cc1c(O)ccc2ncccc12.O=Cc1c(O)cnc2ccccc12. The second kappa shape index (κ2) is 18.2. The Kier molecular flexibility index (Phi) is 13.3. The standard InChI is InChI=1S/C12H11NO2.3C10H7NO2.CH4/c1-7-5-8(2)13-10-3-4-11(15)9(6-14)12(7)10;12-6-8-7-2-1-5-11-9(7)3-4-10(8)13;12-6-8-9(13)4-3-7-2-1-5-11-10(7)8;12-6-8-7-3-1-2-4-9(7)11-5-10(8)13;/h3-6,15H,1-2H3;3*1-6,13H;1H4. The molecule has 0 atom stereocenters. The second-order valence-corrected chi connectivity index (χ2v) is 11.7. The van der Waals surface area contributed by atoms with Gasteiger partial charge in [-0.3, -0.25) is 39.1 Å². The quantitative estimate of drug-likeness (QED) is 0.126. The van der Waals surface area contributed by atoms with Crippen molar-refractivity contribution in [3.8, 4) is 23.0 Å². The first kappa shape index (κ1) is 40.2. The molecule has 55 heavy (non-hydrogen) atoms. The predicted molar refractivity (Wildman–Crippen MR) is 211 cm³/mol. The molecule has 8 aromatic rings. The summed E-state index contributed by atoms with van der Waals surface area (Å²) in [7, 11) is 0. The van der Waals surface area contributed by atoms with Gasteiger partial charge in [-0.25, -0.2) is 0 Å². The van der Waals surface area contributed by atoms with E-state index in [-0.39, 0.29) is 36.0 Å². The lowest BCUT2D eigenvalue weighted by Crippen LogP contribution is -1.92. The fourth-order valence-corrected chi connectivity index (χ4v) is 5.67. The number of hydrogen-bond acceptors (Lipinski definition) is 12. The number of carbonyl (C=O) groups is 4. The molecule has 0 radical (unpaired) electrons. The molecule has 0 saturated carbocycles. The van der Waals surface area contributed by atoms with Gasteiger partial charge in [0, 0.05) is 39.6 Å². The van der Waals surface area contributed by atoms with Crippen LogP contribution in [-0.2, 0) is 0 Å². The van der Waals surface area contributed by atoms with Crippen LogP contribution in [0.5, 0.6) is 23.0 Å². The molecule has 0 spiro atoms. The molecule has 12 nitrogen and oxygen atoms in total. The zero-order valence-electron chi connectivity index (χ0n) is 28.9. The van der Waals surface area contributed by atoms with Gasteiger partial charge in [0.05, 0.1) is 50.5 Å². The van der Waals surface area contributed by atoms with Gasteiger partial charge in [-0.05, 0) is 80.1 Å². The van der Waals surface area contributed by atoms with E-state index in [0.29, 0.717) is 69.2 Å². The number of nitrogens with zero attached hydrogens (tertiary/aromatic N) is 4. The summed E-state index contributed by atoms with van der Waals surface area (Å²) in [6.07, 6.45) is 7.08. The van der Waals surface area contributed by atoms with Crippen LogP contribution in [0.25, 0.3) is 43.6 Å². The lowest BCUT2D eigenvalue weighted by molar-refractivity contribution is 0.111. The zero-order chi connectivity index (χ0) is 38.8. The van der Waals surface area contributed by atoms with Crippen LogP contribution >= 0.6 is 0 Å². The van der Waals surface area contributed by atoms with E-state index in [1.165, 1.54) is 24.4 Å². The molecule has 0 saturated heterocycles. The third-order valence-corrected chi connectivity index (χ3v) is 8.18. The van der Waals surface area contributed by atoms with Crippen LogP contribution in [0.1, 0.15) is 60.1 Å². The number of para-hydroxylation sites is 1. The number of aryl methyl sites for hydroxylation is 2. The van der Waals surface area contributed by atoms with Crippen LogP contribution in [-0.4, -0.2) is 65.5 Å². The van der Waals surface area contributed by atoms with Crippen LogP contribution in [0.4, 0.5) is 0 Å². The number of hydrogen-bond donors (Lipinski definition) is 4. The summed E-state index contributed by atoms with van der Waals surface area (Å²) in [5.74, 6) is -0.100. The Bertz CT molecular complexity index is 2470. The summed E-state index contributed by atoms with van der Waals surface area (Å²) in [5.41, 5.74) is 5.72. The number of rotatable bonds is 4. The van der Waals surface area contributed by atoms with Crippen molar-refractivity contribution in [2.75, 3.05) is 0 Å². The van der Waals surface area contributed by atoms with Gasteiger partial charge in [0.15, 0.2) is 25.1 Å². The highest BCUT2D eigenvalue weighted by Gasteiger charge is 2.10. The minimum atomic E-state index is -0.0753. The highest BCUT2D eigenvalue weighted by molar-refractivity contribution is 6.02. The van der Waals surface area contributed by atoms with Gasteiger partial charge in [0.2, 0.25) is 0 Å². The van der Waals surface area contributed by atoms with Crippen molar-refractivity contribution in [1.82, 2.24) is 19.9 Å². The van der Waals surface area contributed by atoms with Gasteiger partial charge in [0.25, 0.3) is 0 Å². The van der Waals surface area contributed by atoms with Crippen LogP contribution in [0.2, 0.25) is 0 Å². The molecular formula is C43H36N4O8. The molecule has 0 unspecified atom stereocenters. The summed E-state index contributed by atoms with van der Waals surface area (Å²) in [4.78, 5) is 59.2. The summed E-state index contributed by atoms with van der Waals surface area (Å²) < 4.78 is 0. The minimum Gasteiger partial charge on any atom is -0.507 e. The molecule has 4 heterocycles. The second-order valence-electron chi connectivity index (χ2n) is 11.7. The maximum atomic E-state index is 10.9. The van der Waals surface area contributed by atoms with Gasteiger partial charge in [-0.1, -0.05) is 37.8 Å². The molecule has 0 amide bonds. The van der Waals surface area contributed by atoms with Gasteiger partial charge in [-0.2, -0.15) is 0 Å². The molecule has 0 fully saturated rings. The first-order valence-electron chi connectivity index (χ1n) is 16.2. The zero-order valence-corrected chi connectivity index (χ0v) is 28.9. The molecule has 4 N–H and O–H groups in total. The molecule has 0 aliphatic heterocycles. The van der Waals surface area contributed by atoms with Crippen LogP contribution in [0.15, 0.2) is 110 Å². The normalized spacial score (nSPS) is 10.1. The van der Waals surface area contributed by atoms with Crippen molar-refractivity contribution in [2.24, 2.45) is 0 Å². The van der Waals surface area contributed by atoms with Gasteiger partial charge in [-0.15, -0.1) is 0 Å². The Hall–Kier alpha value is -7.60. The Morgan fingerprint density at radius 1 is 0.509 bits per heavy atom. The Morgan fingerprint density at radius 2 is 1.04 bits per heavy atom. The number of fused-ring (bicyclic) bond motifs is 4. The molecule has 12 heteroatoms. The van der Waals surface area contributed by atoms with E-state index in [1.54, 1.807) is 67.0 Å². The molecule has 4 aromatic carbocycles. The smallest absolute Gasteiger partial charge is 0.155 e. The largest absolute Gasteiger partial charge is 0.507 e. The van der Waals surface area contributed by atoms with Crippen LogP contribution in [0.3, 0.4) is 0 Å². The van der Waals surface area contributed by atoms with Crippen molar-refractivity contribution in [1.29, 1.82) is 0 Å². The average molecular weight is 737 g/mol.